The van der Waals surface area contributed by atoms with Crippen molar-refractivity contribution in [3.8, 4) is 0 Å². The summed E-state index contributed by atoms with van der Waals surface area (Å²) in [6, 6.07) is 2.92. The topological polar surface area (TPSA) is 28.4 Å². The molecule has 1 aromatic rings. The number of rotatable bonds is 9. The number of nitrogens with one attached hydrogen (secondary N) is 1. The first-order valence-electron chi connectivity index (χ1n) is 7.74. The van der Waals surface area contributed by atoms with E-state index in [1.54, 1.807) is 0 Å². The summed E-state index contributed by atoms with van der Waals surface area (Å²) in [6.07, 6.45) is 4.62. The van der Waals surface area contributed by atoms with Gasteiger partial charge in [0.05, 0.1) is 13.1 Å². The fourth-order valence-electron chi connectivity index (χ4n) is 2.47. The second-order valence-electron chi connectivity index (χ2n) is 6.29. The zero-order valence-corrected chi connectivity index (χ0v) is 13.1. The van der Waals surface area contributed by atoms with Crippen LogP contribution in [0.5, 0.6) is 0 Å². The van der Waals surface area contributed by atoms with Gasteiger partial charge in [0.15, 0.2) is 0 Å². The van der Waals surface area contributed by atoms with Gasteiger partial charge in [0.2, 0.25) is 0 Å². The minimum Gasteiger partial charge on any atom is -0.463 e. The van der Waals surface area contributed by atoms with Crippen LogP contribution in [0.1, 0.15) is 43.8 Å². The molecule has 1 N–H and O–H groups in total. The second kappa shape index (κ2) is 7.09. The normalized spacial score (nSPS) is 15.2. The van der Waals surface area contributed by atoms with Gasteiger partial charge < -0.3 is 9.73 Å². The maximum Gasteiger partial charge on any atom is 0.120 e. The summed E-state index contributed by atoms with van der Waals surface area (Å²) in [5, 5.41) is 3.45. The van der Waals surface area contributed by atoms with Crippen LogP contribution in [0.3, 0.4) is 0 Å². The van der Waals surface area contributed by atoms with Crippen molar-refractivity contribution in [3.63, 3.8) is 0 Å². The molecule has 1 heterocycles. The Morgan fingerprint density at radius 3 is 2.85 bits per heavy atom. The lowest BCUT2D eigenvalue weighted by Gasteiger charge is -2.18. The number of furan rings is 1. The SMILES string of the molecule is C=CCN(Cc1cc(C)c(CNCC(C)C)o1)C1CC1. The Morgan fingerprint density at radius 2 is 2.25 bits per heavy atom. The van der Waals surface area contributed by atoms with Gasteiger partial charge >= 0.3 is 0 Å². The van der Waals surface area contributed by atoms with Crippen LogP contribution >= 0.6 is 0 Å². The zero-order valence-electron chi connectivity index (χ0n) is 13.1. The zero-order chi connectivity index (χ0) is 14.5. The molecule has 0 unspecified atom stereocenters. The van der Waals surface area contributed by atoms with Crippen LogP contribution in [-0.4, -0.2) is 24.0 Å². The average Bonchev–Trinajstić information content (AvgIpc) is 3.15. The van der Waals surface area contributed by atoms with Gasteiger partial charge in [-0.05, 0) is 43.9 Å². The Balaban J connectivity index is 1.90. The van der Waals surface area contributed by atoms with E-state index in [9.17, 15) is 0 Å². The molecule has 1 fully saturated rings. The van der Waals surface area contributed by atoms with E-state index in [1.807, 2.05) is 6.08 Å². The number of aryl methyl sites for hydroxylation is 1. The molecule has 0 amide bonds. The highest BCUT2D eigenvalue weighted by Gasteiger charge is 2.28. The van der Waals surface area contributed by atoms with Crippen LogP contribution in [-0.2, 0) is 13.1 Å². The highest BCUT2D eigenvalue weighted by Crippen LogP contribution is 2.29. The van der Waals surface area contributed by atoms with Crippen molar-refractivity contribution in [1.29, 1.82) is 0 Å². The summed E-state index contributed by atoms with van der Waals surface area (Å²) in [7, 11) is 0. The standard InChI is InChI=1S/C17H28N2O/c1-5-8-19(15-6-7-15)12-16-9-14(4)17(20-16)11-18-10-13(2)3/h5,9,13,15,18H,1,6-8,10-12H2,2-4H3. The predicted molar refractivity (Wildman–Crippen MR) is 83.6 cm³/mol. The van der Waals surface area contributed by atoms with Crippen molar-refractivity contribution < 1.29 is 4.42 Å². The monoisotopic (exact) mass is 276 g/mol. The molecule has 0 radical (unpaired) electrons. The summed E-state index contributed by atoms with van der Waals surface area (Å²) < 4.78 is 6.01. The molecular formula is C17H28N2O. The fourth-order valence-corrected chi connectivity index (χ4v) is 2.47. The molecule has 0 aliphatic heterocycles. The van der Waals surface area contributed by atoms with Crippen molar-refractivity contribution in [2.75, 3.05) is 13.1 Å². The number of hydrogen-bond donors (Lipinski definition) is 1. The first-order valence-corrected chi connectivity index (χ1v) is 7.74. The highest BCUT2D eigenvalue weighted by atomic mass is 16.3. The predicted octanol–water partition coefficient (Wildman–Crippen LogP) is 3.48. The van der Waals surface area contributed by atoms with Crippen molar-refractivity contribution in [2.45, 2.75) is 52.7 Å². The van der Waals surface area contributed by atoms with E-state index in [4.69, 9.17) is 4.42 Å². The summed E-state index contributed by atoms with van der Waals surface area (Å²) in [5.41, 5.74) is 1.26. The van der Waals surface area contributed by atoms with Gasteiger partial charge in [0.1, 0.15) is 11.5 Å². The van der Waals surface area contributed by atoms with Gasteiger partial charge in [-0.3, -0.25) is 4.90 Å². The van der Waals surface area contributed by atoms with Crippen LogP contribution in [0.25, 0.3) is 0 Å². The van der Waals surface area contributed by atoms with Crippen LogP contribution in [0.4, 0.5) is 0 Å². The van der Waals surface area contributed by atoms with Crippen LogP contribution in [0.15, 0.2) is 23.1 Å². The third kappa shape index (κ3) is 4.50. The van der Waals surface area contributed by atoms with Gasteiger partial charge in [-0.25, -0.2) is 0 Å². The van der Waals surface area contributed by atoms with Crippen molar-refractivity contribution >= 4 is 0 Å². The lowest BCUT2D eigenvalue weighted by atomic mass is 10.2. The molecule has 0 spiro atoms. The number of hydrogen-bond acceptors (Lipinski definition) is 3. The van der Waals surface area contributed by atoms with E-state index in [0.717, 1.165) is 43.7 Å². The van der Waals surface area contributed by atoms with E-state index in [1.165, 1.54) is 18.4 Å². The maximum atomic E-state index is 6.01. The Morgan fingerprint density at radius 1 is 1.50 bits per heavy atom. The molecule has 2 rings (SSSR count). The first-order chi connectivity index (χ1) is 9.60. The van der Waals surface area contributed by atoms with E-state index < -0.39 is 0 Å². The Hall–Kier alpha value is -1.06. The average molecular weight is 276 g/mol. The Kier molecular flexibility index (Phi) is 5.44. The van der Waals surface area contributed by atoms with Gasteiger partial charge in [-0.1, -0.05) is 19.9 Å². The number of nitrogens with zero attached hydrogens (tertiary/aromatic N) is 1. The van der Waals surface area contributed by atoms with Crippen LogP contribution in [0.2, 0.25) is 0 Å². The van der Waals surface area contributed by atoms with E-state index in [0.29, 0.717) is 5.92 Å². The van der Waals surface area contributed by atoms with Gasteiger partial charge in [-0.15, -0.1) is 6.58 Å². The molecule has 1 aliphatic rings. The van der Waals surface area contributed by atoms with E-state index in [2.05, 4.69) is 43.6 Å². The molecule has 1 aliphatic carbocycles. The Bertz CT molecular complexity index is 432. The first kappa shape index (κ1) is 15.3. The summed E-state index contributed by atoms with van der Waals surface area (Å²) in [5.74, 6) is 2.83. The summed E-state index contributed by atoms with van der Waals surface area (Å²) in [4.78, 5) is 2.45. The van der Waals surface area contributed by atoms with E-state index >= 15 is 0 Å². The maximum absolute atomic E-state index is 6.01. The molecule has 20 heavy (non-hydrogen) atoms. The summed E-state index contributed by atoms with van der Waals surface area (Å²) in [6.45, 7) is 14.1. The highest BCUT2D eigenvalue weighted by molar-refractivity contribution is 5.20. The molecule has 0 aromatic carbocycles. The molecule has 0 bridgehead atoms. The van der Waals surface area contributed by atoms with Gasteiger partial charge in [0, 0.05) is 12.6 Å². The Labute approximate surface area is 123 Å². The molecule has 0 saturated heterocycles. The fraction of sp³-hybridized carbons (Fsp3) is 0.647. The van der Waals surface area contributed by atoms with Gasteiger partial charge in [0.25, 0.3) is 0 Å². The third-order valence-electron chi connectivity index (χ3n) is 3.70. The molecule has 1 aromatic heterocycles. The lowest BCUT2D eigenvalue weighted by molar-refractivity contribution is 0.254. The minimum absolute atomic E-state index is 0.669. The van der Waals surface area contributed by atoms with Crippen molar-refractivity contribution in [2.24, 2.45) is 5.92 Å². The third-order valence-corrected chi connectivity index (χ3v) is 3.70. The van der Waals surface area contributed by atoms with Crippen LogP contribution in [0, 0.1) is 12.8 Å². The van der Waals surface area contributed by atoms with Crippen molar-refractivity contribution in [3.05, 3.63) is 35.8 Å². The molecule has 3 nitrogen and oxygen atoms in total. The molecule has 112 valence electrons. The molecule has 1 saturated carbocycles. The largest absolute Gasteiger partial charge is 0.463 e. The second-order valence-corrected chi connectivity index (χ2v) is 6.29. The van der Waals surface area contributed by atoms with Crippen LogP contribution < -0.4 is 5.32 Å². The molecular weight excluding hydrogens is 248 g/mol. The molecule has 3 heteroatoms. The summed E-state index contributed by atoms with van der Waals surface area (Å²) >= 11 is 0. The van der Waals surface area contributed by atoms with E-state index in [-0.39, 0.29) is 0 Å². The lowest BCUT2D eigenvalue weighted by Crippen LogP contribution is -2.25. The smallest absolute Gasteiger partial charge is 0.120 e. The quantitative estimate of drug-likeness (QED) is 0.700. The van der Waals surface area contributed by atoms with Crippen molar-refractivity contribution in [1.82, 2.24) is 10.2 Å². The minimum atomic E-state index is 0.669. The molecule has 0 atom stereocenters. The van der Waals surface area contributed by atoms with Gasteiger partial charge in [-0.2, -0.15) is 0 Å².